The SMILES string of the molecule is CC(C)(C)OC(=O)N1CCc2c(ncnc2Oc2ccc3c(ccn3C(=O)Nc3cc(C(C)(C)CO)n[nH]3)c2)C1. The maximum Gasteiger partial charge on any atom is 0.410 e. The Morgan fingerprint density at radius 1 is 1.12 bits per heavy atom. The van der Waals surface area contributed by atoms with Gasteiger partial charge in [-0.05, 0) is 51.5 Å². The summed E-state index contributed by atoms with van der Waals surface area (Å²) < 4.78 is 13.1. The molecule has 5 rings (SSSR count). The highest BCUT2D eigenvalue weighted by Gasteiger charge is 2.29. The van der Waals surface area contributed by atoms with Crippen molar-refractivity contribution in [2.45, 2.75) is 58.6 Å². The fraction of sp³-hybridized carbons (Fsp3) is 0.393. The zero-order chi connectivity index (χ0) is 28.7. The highest BCUT2D eigenvalue weighted by molar-refractivity contribution is 5.98. The molecule has 0 fully saturated rings. The molecule has 0 bridgehead atoms. The fourth-order valence-electron chi connectivity index (χ4n) is 4.36. The Hall–Kier alpha value is -4.45. The van der Waals surface area contributed by atoms with Gasteiger partial charge in [0.05, 0.1) is 30.1 Å². The van der Waals surface area contributed by atoms with Crippen LogP contribution < -0.4 is 10.1 Å². The number of aromatic nitrogens is 5. The molecule has 12 nitrogen and oxygen atoms in total. The van der Waals surface area contributed by atoms with Gasteiger partial charge in [0.25, 0.3) is 0 Å². The van der Waals surface area contributed by atoms with E-state index in [1.165, 1.54) is 10.9 Å². The van der Waals surface area contributed by atoms with Crippen LogP contribution in [0.4, 0.5) is 15.4 Å². The van der Waals surface area contributed by atoms with Crippen LogP contribution in [-0.2, 0) is 23.1 Å². The number of benzene rings is 1. The standard InChI is InChI=1S/C28H33N7O5/c1-27(2,3)40-26(38)34-10-9-19-20(14-34)29-16-30-24(19)39-18-6-7-21-17(12-18)8-11-35(21)25(37)31-23-13-22(32-33-23)28(4,5)15-36/h6-8,11-13,16,36H,9-10,14-15H2,1-5H3,(H2,31,32,33,37). The lowest BCUT2D eigenvalue weighted by atomic mass is 9.91. The smallest absolute Gasteiger partial charge is 0.410 e. The van der Waals surface area contributed by atoms with Crippen LogP contribution in [0.15, 0.2) is 42.9 Å². The number of fused-ring (bicyclic) bond motifs is 2. The summed E-state index contributed by atoms with van der Waals surface area (Å²) >= 11 is 0. The largest absolute Gasteiger partial charge is 0.444 e. The second-order valence-corrected chi connectivity index (χ2v) is 11.4. The van der Waals surface area contributed by atoms with E-state index < -0.39 is 11.0 Å². The molecule has 0 saturated heterocycles. The number of aromatic amines is 1. The Morgan fingerprint density at radius 3 is 2.67 bits per heavy atom. The minimum atomic E-state index is -0.574. The summed E-state index contributed by atoms with van der Waals surface area (Å²) in [4.78, 5) is 35.8. The monoisotopic (exact) mass is 547 g/mol. The van der Waals surface area contributed by atoms with Crippen LogP contribution in [0.3, 0.4) is 0 Å². The Bertz CT molecular complexity index is 1570. The van der Waals surface area contributed by atoms with Gasteiger partial charge in [0.15, 0.2) is 0 Å². The molecule has 4 aromatic rings. The average molecular weight is 548 g/mol. The van der Waals surface area contributed by atoms with Crippen LogP contribution in [0.1, 0.15) is 51.6 Å². The first kappa shape index (κ1) is 27.1. The van der Waals surface area contributed by atoms with Crippen molar-refractivity contribution < 1.29 is 24.2 Å². The van der Waals surface area contributed by atoms with Crippen molar-refractivity contribution in [1.29, 1.82) is 0 Å². The van der Waals surface area contributed by atoms with E-state index in [-0.39, 0.29) is 18.7 Å². The Morgan fingerprint density at radius 2 is 1.93 bits per heavy atom. The number of hydrogen-bond donors (Lipinski definition) is 3. The van der Waals surface area contributed by atoms with Crippen molar-refractivity contribution in [1.82, 2.24) is 29.6 Å². The minimum Gasteiger partial charge on any atom is -0.444 e. The van der Waals surface area contributed by atoms with Gasteiger partial charge in [0, 0.05) is 35.2 Å². The van der Waals surface area contributed by atoms with Crippen molar-refractivity contribution in [3.05, 3.63) is 59.8 Å². The molecule has 3 aromatic heterocycles. The van der Waals surface area contributed by atoms with Crippen molar-refractivity contribution in [3.8, 4) is 11.6 Å². The molecule has 0 saturated carbocycles. The Kier molecular flexibility index (Phi) is 6.96. The highest BCUT2D eigenvalue weighted by atomic mass is 16.6. The number of ether oxygens (including phenoxy) is 2. The summed E-state index contributed by atoms with van der Waals surface area (Å²) in [7, 11) is 0. The molecule has 0 aliphatic carbocycles. The van der Waals surface area contributed by atoms with Gasteiger partial charge in [0.2, 0.25) is 5.88 Å². The van der Waals surface area contributed by atoms with E-state index in [1.54, 1.807) is 29.3 Å². The van der Waals surface area contributed by atoms with Gasteiger partial charge >= 0.3 is 12.1 Å². The third-order valence-corrected chi connectivity index (χ3v) is 6.62. The molecule has 40 heavy (non-hydrogen) atoms. The van der Waals surface area contributed by atoms with E-state index in [2.05, 4.69) is 25.5 Å². The Labute approximate surface area is 231 Å². The van der Waals surface area contributed by atoms with Gasteiger partial charge in [0.1, 0.15) is 23.5 Å². The molecule has 0 radical (unpaired) electrons. The number of carbonyl (C=O) groups is 2. The predicted octanol–water partition coefficient (Wildman–Crippen LogP) is 4.59. The molecule has 4 heterocycles. The summed E-state index contributed by atoms with van der Waals surface area (Å²) in [5.74, 6) is 1.43. The zero-order valence-corrected chi connectivity index (χ0v) is 23.2. The van der Waals surface area contributed by atoms with Gasteiger partial charge in [-0.2, -0.15) is 5.10 Å². The summed E-state index contributed by atoms with van der Waals surface area (Å²) in [6.07, 6.45) is 3.26. The van der Waals surface area contributed by atoms with Crippen molar-refractivity contribution >= 4 is 28.8 Å². The van der Waals surface area contributed by atoms with Crippen LogP contribution >= 0.6 is 0 Å². The molecule has 0 spiro atoms. The summed E-state index contributed by atoms with van der Waals surface area (Å²) in [6, 6.07) is 8.58. The van der Waals surface area contributed by atoms with Gasteiger partial charge in [-0.15, -0.1) is 0 Å². The highest BCUT2D eigenvalue weighted by Crippen LogP contribution is 2.31. The molecule has 2 amide bonds. The van der Waals surface area contributed by atoms with E-state index in [0.717, 1.165) is 16.6 Å². The van der Waals surface area contributed by atoms with E-state index in [0.29, 0.717) is 48.2 Å². The number of amides is 2. The van der Waals surface area contributed by atoms with Crippen LogP contribution in [0, 0.1) is 0 Å². The number of rotatable bonds is 5. The van der Waals surface area contributed by atoms with Gasteiger partial charge in [-0.3, -0.25) is 15.0 Å². The summed E-state index contributed by atoms with van der Waals surface area (Å²) in [5, 5.41) is 20.2. The number of H-pyrrole nitrogens is 1. The number of aliphatic hydroxyl groups is 1. The minimum absolute atomic E-state index is 0.0692. The van der Waals surface area contributed by atoms with Crippen LogP contribution in [0.25, 0.3) is 10.9 Å². The van der Waals surface area contributed by atoms with Crippen molar-refractivity contribution in [3.63, 3.8) is 0 Å². The second-order valence-electron chi connectivity index (χ2n) is 11.4. The van der Waals surface area contributed by atoms with Crippen LogP contribution in [0.5, 0.6) is 11.6 Å². The molecule has 0 atom stereocenters. The third kappa shape index (κ3) is 5.62. The normalized spacial score (nSPS) is 13.7. The lowest BCUT2D eigenvalue weighted by Gasteiger charge is -2.30. The second kappa shape index (κ2) is 10.3. The predicted molar refractivity (Wildman–Crippen MR) is 148 cm³/mol. The van der Waals surface area contributed by atoms with E-state index >= 15 is 0 Å². The summed E-state index contributed by atoms with van der Waals surface area (Å²) in [5.41, 5.74) is 1.80. The lowest BCUT2D eigenvalue weighted by Crippen LogP contribution is -2.40. The Balaban J connectivity index is 1.29. The average Bonchev–Trinajstić information content (AvgIpc) is 3.55. The first-order valence-electron chi connectivity index (χ1n) is 13.0. The zero-order valence-electron chi connectivity index (χ0n) is 23.2. The molecule has 1 aromatic carbocycles. The number of nitrogens with zero attached hydrogens (tertiary/aromatic N) is 5. The van der Waals surface area contributed by atoms with E-state index in [1.807, 2.05) is 46.8 Å². The number of carbonyl (C=O) groups excluding carboxylic acids is 2. The van der Waals surface area contributed by atoms with Gasteiger partial charge in [-0.25, -0.2) is 19.6 Å². The molecule has 12 heteroatoms. The van der Waals surface area contributed by atoms with Gasteiger partial charge in [-0.1, -0.05) is 13.8 Å². The maximum atomic E-state index is 13.0. The molecule has 210 valence electrons. The van der Waals surface area contributed by atoms with E-state index in [4.69, 9.17) is 9.47 Å². The molecule has 1 aliphatic rings. The van der Waals surface area contributed by atoms with Crippen LogP contribution in [-0.4, -0.2) is 65.6 Å². The van der Waals surface area contributed by atoms with Gasteiger partial charge < -0.3 is 19.5 Å². The number of hydrogen-bond acceptors (Lipinski definition) is 8. The molecule has 3 N–H and O–H groups in total. The van der Waals surface area contributed by atoms with Crippen molar-refractivity contribution in [2.24, 2.45) is 0 Å². The number of anilines is 1. The molecule has 1 aliphatic heterocycles. The van der Waals surface area contributed by atoms with E-state index in [9.17, 15) is 14.7 Å². The summed E-state index contributed by atoms with van der Waals surface area (Å²) in [6.45, 7) is 9.96. The fourth-order valence-corrected chi connectivity index (χ4v) is 4.36. The topological polar surface area (TPSA) is 147 Å². The van der Waals surface area contributed by atoms with Crippen molar-refractivity contribution in [2.75, 3.05) is 18.5 Å². The molecular weight excluding hydrogens is 514 g/mol. The lowest BCUT2D eigenvalue weighted by molar-refractivity contribution is 0.0219. The first-order chi connectivity index (χ1) is 18.9. The molecular formula is C28H33N7O5. The quantitative estimate of drug-likeness (QED) is 0.329. The maximum absolute atomic E-state index is 13.0. The number of aliphatic hydroxyl groups excluding tert-OH is 1. The third-order valence-electron chi connectivity index (χ3n) is 6.62. The molecule has 0 unspecified atom stereocenters. The first-order valence-corrected chi connectivity index (χ1v) is 13.0. The van der Waals surface area contributed by atoms with Crippen LogP contribution in [0.2, 0.25) is 0 Å². The number of nitrogens with one attached hydrogen (secondary N) is 2.